The topological polar surface area (TPSA) is 75.4 Å². The molecule has 0 saturated carbocycles. The number of aliphatic hydroxyl groups is 1. The Morgan fingerprint density at radius 1 is 1.28 bits per heavy atom. The van der Waals surface area contributed by atoms with Crippen LogP contribution in [0.2, 0.25) is 0 Å². The molecule has 2 atom stereocenters. The van der Waals surface area contributed by atoms with Crippen molar-refractivity contribution in [1.29, 1.82) is 0 Å². The fourth-order valence-electron chi connectivity index (χ4n) is 4.09. The lowest BCUT2D eigenvalue weighted by atomic mass is 9.82. The van der Waals surface area contributed by atoms with Crippen molar-refractivity contribution in [2.45, 2.75) is 32.4 Å². The van der Waals surface area contributed by atoms with Crippen LogP contribution in [0.15, 0.2) is 35.3 Å². The van der Waals surface area contributed by atoms with E-state index in [1.807, 2.05) is 15.5 Å². The van der Waals surface area contributed by atoms with E-state index in [9.17, 15) is 14.7 Å². The van der Waals surface area contributed by atoms with Crippen molar-refractivity contribution >= 4 is 5.91 Å². The fraction of sp³-hybridized carbons (Fsp3) is 0.421. The highest BCUT2D eigenvalue weighted by Crippen LogP contribution is 2.36. The maximum absolute atomic E-state index is 12.7. The van der Waals surface area contributed by atoms with Crippen LogP contribution in [0.4, 0.5) is 0 Å². The number of hydrogen-bond donors (Lipinski definition) is 1. The predicted molar refractivity (Wildman–Crippen MR) is 93.0 cm³/mol. The number of carbonyl (C=O) groups excluding carboxylic acids is 1. The zero-order valence-corrected chi connectivity index (χ0v) is 14.2. The number of likely N-dealkylation sites (tertiary alicyclic amines) is 1. The second kappa shape index (κ2) is 6.11. The molecule has 1 amide bonds. The van der Waals surface area contributed by atoms with Crippen molar-refractivity contribution in [2.75, 3.05) is 13.1 Å². The van der Waals surface area contributed by atoms with Gasteiger partial charge in [-0.3, -0.25) is 14.6 Å². The quantitative estimate of drug-likeness (QED) is 0.897. The van der Waals surface area contributed by atoms with Crippen molar-refractivity contribution < 1.29 is 9.90 Å². The summed E-state index contributed by atoms with van der Waals surface area (Å²) in [5.74, 6) is 0.624. The van der Waals surface area contributed by atoms with Gasteiger partial charge in [0.1, 0.15) is 0 Å². The SMILES string of the molecule is CC(=O)N1C[C@@H]2C[C@H](C1)c1cc(-c3cc(CO)ccn3)cc(=O)n1C2. The minimum absolute atomic E-state index is 0.0188. The van der Waals surface area contributed by atoms with Gasteiger partial charge < -0.3 is 14.6 Å². The van der Waals surface area contributed by atoms with E-state index in [2.05, 4.69) is 4.98 Å². The zero-order valence-electron chi connectivity index (χ0n) is 14.2. The molecule has 0 spiro atoms. The third kappa shape index (κ3) is 2.87. The minimum Gasteiger partial charge on any atom is -0.392 e. The lowest BCUT2D eigenvalue weighted by Crippen LogP contribution is -2.48. The maximum Gasteiger partial charge on any atom is 0.251 e. The molecule has 1 saturated heterocycles. The van der Waals surface area contributed by atoms with Gasteiger partial charge in [-0.2, -0.15) is 0 Å². The molecule has 4 heterocycles. The number of piperidine rings is 1. The number of pyridine rings is 2. The van der Waals surface area contributed by atoms with Crippen LogP contribution in [-0.2, 0) is 17.9 Å². The lowest BCUT2D eigenvalue weighted by molar-refractivity contribution is -0.131. The monoisotopic (exact) mass is 339 g/mol. The first-order chi connectivity index (χ1) is 12.0. The summed E-state index contributed by atoms with van der Waals surface area (Å²) in [7, 11) is 0. The Bertz CT molecular complexity index is 890. The smallest absolute Gasteiger partial charge is 0.251 e. The number of aliphatic hydroxyl groups excluding tert-OH is 1. The van der Waals surface area contributed by atoms with Gasteiger partial charge in [0.2, 0.25) is 5.91 Å². The number of amides is 1. The van der Waals surface area contributed by atoms with Crippen LogP contribution in [0.1, 0.15) is 30.5 Å². The highest BCUT2D eigenvalue weighted by molar-refractivity contribution is 5.73. The molecule has 4 rings (SSSR count). The van der Waals surface area contributed by atoms with Crippen molar-refractivity contribution in [3.8, 4) is 11.3 Å². The van der Waals surface area contributed by atoms with Crippen LogP contribution in [0.3, 0.4) is 0 Å². The molecule has 2 aromatic rings. The van der Waals surface area contributed by atoms with E-state index in [-0.39, 0.29) is 24.0 Å². The van der Waals surface area contributed by atoms with Crippen molar-refractivity contribution in [3.05, 3.63) is 52.1 Å². The number of nitrogens with zero attached hydrogens (tertiary/aromatic N) is 3. The molecular formula is C19H21N3O3. The Morgan fingerprint density at radius 3 is 2.88 bits per heavy atom. The van der Waals surface area contributed by atoms with Gasteiger partial charge in [-0.1, -0.05) is 0 Å². The van der Waals surface area contributed by atoms with E-state index < -0.39 is 0 Å². The molecule has 2 aliphatic rings. The molecule has 6 heteroatoms. The van der Waals surface area contributed by atoms with Gasteiger partial charge >= 0.3 is 0 Å². The molecule has 25 heavy (non-hydrogen) atoms. The summed E-state index contributed by atoms with van der Waals surface area (Å²) < 4.78 is 1.86. The van der Waals surface area contributed by atoms with Crippen LogP contribution in [0.5, 0.6) is 0 Å². The number of rotatable bonds is 2. The van der Waals surface area contributed by atoms with E-state index in [0.29, 0.717) is 24.7 Å². The molecule has 1 N–H and O–H groups in total. The zero-order chi connectivity index (χ0) is 17.6. The molecule has 0 radical (unpaired) electrons. The van der Waals surface area contributed by atoms with E-state index in [1.54, 1.807) is 31.3 Å². The largest absolute Gasteiger partial charge is 0.392 e. The Hall–Kier alpha value is -2.47. The first kappa shape index (κ1) is 16.0. The predicted octanol–water partition coefficient (Wildman–Crippen LogP) is 1.37. The van der Waals surface area contributed by atoms with Gasteiger partial charge in [-0.05, 0) is 36.1 Å². The van der Waals surface area contributed by atoms with E-state index in [0.717, 1.165) is 29.8 Å². The second-order valence-corrected chi connectivity index (χ2v) is 7.05. The standard InChI is InChI=1S/C19H21N3O3/c1-12(24)21-8-14-4-16(10-21)18-6-15(7-19(25)22(18)9-14)17-5-13(11-23)2-3-20-17/h2-3,5-7,14,16,23H,4,8-11H2,1H3/t14-,16+/m0/s1. The van der Waals surface area contributed by atoms with Crippen molar-refractivity contribution in [3.63, 3.8) is 0 Å². The normalized spacial score (nSPS) is 21.8. The highest BCUT2D eigenvalue weighted by Gasteiger charge is 2.35. The number of carbonyl (C=O) groups is 1. The van der Waals surface area contributed by atoms with E-state index >= 15 is 0 Å². The van der Waals surface area contributed by atoms with Crippen LogP contribution in [0, 0.1) is 5.92 Å². The summed E-state index contributed by atoms with van der Waals surface area (Å²) in [5.41, 5.74) is 3.19. The Morgan fingerprint density at radius 2 is 2.12 bits per heavy atom. The summed E-state index contributed by atoms with van der Waals surface area (Å²) in [6, 6.07) is 7.21. The third-order valence-corrected chi connectivity index (χ3v) is 5.30. The van der Waals surface area contributed by atoms with Crippen LogP contribution in [-0.4, -0.2) is 38.6 Å². The minimum atomic E-state index is -0.0582. The van der Waals surface area contributed by atoms with Gasteiger partial charge in [0, 0.05) is 56.0 Å². The number of aromatic nitrogens is 2. The molecule has 2 bridgehead atoms. The Kier molecular flexibility index (Phi) is 3.92. The third-order valence-electron chi connectivity index (χ3n) is 5.30. The van der Waals surface area contributed by atoms with Gasteiger partial charge in [-0.15, -0.1) is 0 Å². The Labute approximate surface area is 145 Å². The van der Waals surface area contributed by atoms with E-state index in [4.69, 9.17) is 0 Å². The van der Waals surface area contributed by atoms with Crippen LogP contribution >= 0.6 is 0 Å². The second-order valence-electron chi connectivity index (χ2n) is 7.05. The van der Waals surface area contributed by atoms with Crippen LogP contribution in [0.25, 0.3) is 11.3 Å². The number of fused-ring (bicyclic) bond motifs is 4. The molecule has 2 aliphatic heterocycles. The molecule has 2 aromatic heterocycles. The molecule has 0 aromatic carbocycles. The summed E-state index contributed by atoms with van der Waals surface area (Å²) in [4.78, 5) is 30.7. The molecular weight excluding hydrogens is 318 g/mol. The Balaban J connectivity index is 1.77. The van der Waals surface area contributed by atoms with Crippen LogP contribution < -0.4 is 5.56 Å². The molecule has 1 fully saturated rings. The summed E-state index contributed by atoms with van der Waals surface area (Å²) in [5, 5.41) is 9.32. The molecule has 0 aliphatic carbocycles. The van der Waals surface area contributed by atoms with Gasteiger partial charge in [-0.25, -0.2) is 0 Å². The number of hydrogen-bond acceptors (Lipinski definition) is 4. The van der Waals surface area contributed by atoms with Gasteiger partial charge in [0.15, 0.2) is 0 Å². The first-order valence-corrected chi connectivity index (χ1v) is 8.61. The first-order valence-electron chi connectivity index (χ1n) is 8.61. The summed E-state index contributed by atoms with van der Waals surface area (Å²) >= 11 is 0. The van der Waals surface area contributed by atoms with Crippen molar-refractivity contribution in [1.82, 2.24) is 14.5 Å². The van der Waals surface area contributed by atoms with Crippen molar-refractivity contribution in [2.24, 2.45) is 5.92 Å². The van der Waals surface area contributed by atoms with Gasteiger partial charge in [0.25, 0.3) is 5.56 Å². The fourth-order valence-corrected chi connectivity index (χ4v) is 4.09. The lowest BCUT2D eigenvalue weighted by Gasteiger charge is -2.42. The summed E-state index contributed by atoms with van der Waals surface area (Å²) in [6.07, 6.45) is 2.66. The average molecular weight is 339 g/mol. The maximum atomic E-state index is 12.7. The average Bonchev–Trinajstić information content (AvgIpc) is 2.62. The summed E-state index contributed by atoms with van der Waals surface area (Å²) in [6.45, 7) is 3.61. The highest BCUT2D eigenvalue weighted by atomic mass is 16.3. The molecule has 130 valence electrons. The molecule has 0 unspecified atom stereocenters. The van der Waals surface area contributed by atoms with Gasteiger partial charge in [0.05, 0.1) is 12.3 Å². The van der Waals surface area contributed by atoms with E-state index in [1.165, 1.54) is 0 Å². The molecule has 6 nitrogen and oxygen atoms in total.